The van der Waals surface area contributed by atoms with Gasteiger partial charge in [0, 0.05) is 26.8 Å². The number of likely N-dealkylation sites (N-methyl/N-ethyl adjacent to an activating group) is 1. The number of rotatable bonds is 4. The SMILES string of the molecule is CN(CCc1cnn(C)c1)C(=O)c1cccc(Br)n1. The molecule has 2 aromatic rings. The Balaban J connectivity index is 1.96. The number of nitrogens with zero attached hydrogens (tertiary/aromatic N) is 4. The van der Waals surface area contributed by atoms with Gasteiger partial charge in [-0.2, -0.15) is 5.10 Å². The topological polar surface area (TPSA) is 51.0 Å². The summed E-state index contributed by atoms with van der Waals surface area (Å²) in [5.74, 6) is -0.0785. The zero-order valence-corrected chi connectivity index (χ0v) is 12.5. The first-order valence-electron chi connectivity index (χ1n) is 5.92. The standard InChI is InChI=1S/C13H15BrN4O/c1-17(7-6-10-8-15-18(2)9-10)13(19)11-4-3-5-12(14)16-11/h3-5,8-9H,6-7H2,1-2H3. The molecule has 0 saturated carbocycles. The lowest BCUT2D eigenvalue weighted by Gasteiger charge is -2.16. The Bertz CT molecular complexity index is 582. The van der Waals surface area contributed by atoms with Gasteiger partial charge in [-0.3, -0.25) is 9.48 Å². The van der Waals surface area contributed by atoms with Crippen molar-refractivity contribution in [3.05, 3.63) is 46.5 Å². The first-order chi connectivity index (χ1) is 9.06. The first-order valence-corrected chi connectivity index (χ1v) is 6.71. The van der Waals surface area contributed by atoms with Gasteiger partial charge in [0.15, 0.2) is 0 Å². The molecule has 0 aliphatic rings. The molecule has 19 heavy (non-hydrogen) atoms. The summed E-state index contributed by atoms with van der Waals surface area (Å²) in [6.45, 7) is 0.638. The zero-order valence-electron chi connectivity index (χ0n) is 10.9. The van der Waals surface area contributed by atoms with E-state index in [0.29, 0.717) is 16.8 Å². The Morgan fingerprint density at radius 2 is 2.26 bits per heavy atom. The highest BCUT2D eigenvalue weighted by molar-refractivity contribution is 9.10. The first kappa shape index (κ1) is 13.7. The van der Waals surface area contributed by atoms with Crippen molar-refractivity contribution < 1.29 is 4.79 Å². The Labute approximate surface area is 120 Å². The number of halogens is 1. The summed E-state index contributed by atoms with van der Waals surface area (Å²) < 4.78 is 2.42. The van der Waals surface area contributed by atoms with Crippen LogP contribution in [0.1, 0.15) is 16.1 Å². The molecule has 0 spiro atoms. The average molecular weight is 323 g/mol. The summed E-state index contributed by atoms with van der Waals surface area (Å²) >= 11 is 3.27. The number of aromatic nitrogens is 3. The fourth-order valence-corrected chi connectivity index (χ4v) is 2.07. The molecular formula is C13H15BrN4O. The Hall–Kier alpha value is -1.69. The van der Waals surface area contributed by atoms with Crippen LogP contribution in [0.3, 0.4) is 0 Å². The average Bonchev–Trinajstić information content (AvgIpc) is 2.81. The molecule has 0 radical (unpaired) electrons. The minimum atomic E-state index is -0.0785. The van der Waals surface area contributed by atoms with Gasteiger partial charge in [-0.25, -0.2) is 4.98 Å². The Morgan fingerprint density at radius 3 is 2.89 bits per heavy atom. The van der Waals surface area contributed by atoms with E-state index in [2.05, 4.69) is 26.0 Å². The van der Waals surface area contributed by atoms with Crippen molar-refractivity contribution in [2.45, 2.75) is 6.42 Å². The Morgan fingerprint density at radius 1 is 1.47 bits per heavy atom. The predicted molar refractivity (Wildman–Crippen MR) is 75.8 cm³/mol. The van der Waals surface area contributed by atoms with Crippen LogP contribution in [0.4, 0.5) is 0 Å². The van der Waals surface area contributed by atoms with Gasteiger partial charge in [0.2, 0.25) is 0 Å². The number of hydrogen-bond acceptors (Lipinski definition) is 3. The van der Waals surface area contributed by atoms with E-state index in [4.69, 9.17) is 0 Å². The van der Waals surface area contributed by atoms with Crippen LogP contribution in [0.15, 0.2) is 35.2 Å². The summed E-state index contributed by atoms with van der Waals surface area (Å²) in [5.41, 5.74) is 1.56. The monoisotopic (exact) mass is 322 g/mol. The van der Waals surface area contributed by atoms with Crippen molar-refractivity contribution >= 4 is 21.8 Å². The molecule has 0 aromatic carbocycles. The van der Waals surface area contributed by atoms with Crippen molar-refractivity contribution in [3.8, 4) is 0 Å². The van der Waals surface area contributed by atoms with E-state index in [9.17, 15) is 4.79 Å². The maximum Gasteiger partial charge on any atom is 0.272 e. The lowest BCUT2D eigenvalue weighted by Crippen LogP contribution is -2.29. The molecule has 1 amide bonds. The quantitative estimate of drug-likeness (QED) is 0.808. The van der Waals surface area contributed by atoms with Crippen LogP contribution in [0.25, 0.3) is 0 Å². The van der Waals surface area contributed by atoms with E-state index in [1.807, 2.05) is 19.4 Å². The van der Waals surface area contributed by atoms with Crippen molar-refractivity contribution in [2.75, 3.05) is 13.6 Å². The molecule has 2 rings (SSSR count). The molecule has 0 bridgehead atoms. The minimum Gasteiger partial charge on any atom is -0.340 e. The van der Waals surface area contributed by atoms with Crippen molar-refractivity contribution in [3.63, 3.8) is 0 Å². The maximum atomic E-state index is 12.1. The van der Waals surface area contributed by atoms with Crippen LogP contribution in [-0.2, 0) is 13.5 Å². The van der Waals surface area contributed by atoms with Gasteiger partial charge in [-0.15, -0.1) is 0 Å². The van der Waals surface area contributed by atoms with E-state index in [1.165, 1.54) is 0 Å². The van der Waals surface area contributed by atoms with E-state index in [1.54, 1.807) is 34.8 Å². The third-order valence-electron chi connectivity index (χ3n) is 2.78. The molecule has 2 heterocycles. The molecular weight excluding hydrogens is 308 g/mol. The molecule has 0 atom stereocenters. The summed E-state index contributed by atoms with van der Waals surface area (Å²) in [6.07, 6.45) is 4.55. The minimum absolute atomic E-state index is 0.0785. The van der Waals surface area contributed by atoms with Gasteiger partial charge in [-0.05, 0) is 40.0 Å². The predicted octanol–water partition coefficient (Wildman–Crippen LogP) is 1.89. The van der Waals surface area contributed by atoms with Crippen LogP contribution in [0, 0.1) is 0 Å². The number of hydrogen-bond donors (Lipinski definition) is 0. The van der Waals surface area contributed by atoms with Crippen LogP contribution < -0.4 is 0 Å². The lowest BCUT2D eigenvalue weighted by atomic mass is 10.2. The molecule has 2 aromatic heterocycles. The fraction of sp³-hybridized carbons (Fsp3) is 0.308. The van der Waals surface area contributed by atoms with E-state index >= 15 is 0 Å². The smallest absolute Gasteiger partial charge is 0.272 e. The molecule has 0 aliphatic heterocycles. The molecule has 100 valence electrons. The van der Waals surface area contributed by atoms with E-state index in [-0.39, 0.29) is 5.91 Å². The van der Waals surface area contributed by atoms with Crippen LogP contribution >= 0.6 is 15.9 Å². The number of carbonyl (C=O) groups excluding carboxylic acids is 1. The molecule has 0 aliphatic carbocycles. The van der Waals surface area contributed by atoms with Crippen molar-refractivity contribution in [1.82, 2.24) is 19.7 Å². The molecule has 0 fully saturated rings. The Kier molecular flexibility index (Phi) is 4.31. The second-order valence-corrected chi connectivity index (χ2v) is 5.16. The number of amides is 1. The lowest BCUT2D eigenvalue weighted by molar-refractivity contribution is 0.0790. The maximum absolute atomic E-state index is 12.1. The molecule has 0 unspecified atom stereocenters. The van der Waals surface area contributed by atoms with Gasteiger partial charge in [0.05, 0.1) is 6.20 Å². The molecule has 5 nitrogen and oxygen atoms in total. The van der Waals surface area contributed by atoms with Crippen molar-refractivity contribution in [1.29, 1.82) is 0 Å². The second kappa shape index (κ2) is 5.97. The molecule has 6 heteroatoms. The molecule has 0 N–H and O–H groups in total. The number of aryl methyl sites for hydroxylation is 1. The van der Waals surface area contributed by atoms with Gasteiger partial charge in [-0.1, -0.05) is 6.07 Å². The zero-order chi connectivity index (χ0) is 13.8. The highest BCUT2D eigenvalue weighted by Crippen LogP contribution is 2.08. The van der Waals surface area contributed by atoms with E-state index < -0.39 is 0 Å². The number of carbonyl (C=O) groups is 1. The highest BCUT2D eigenvalue weighted by Gasteiger charge is 2.13. The van der Waals surface area contributed by atoms with E-state index in [0.717, 1.165) is 12.0 Å². The number of pyridine rings is 1. The second-order valence-electron chi connectivity index (χ2n) is 4.34. The van der Waals surface area contributed by atoms with Gasteiger partial charge in [0.25, 0.3) is 5.91 Å². The third kappa shape index (κ3) is 3.64. The summed E-state index contributed by atoms with van der Waals surface area (Å²) in [7, 11) is 3.66. The van der Waals surface area contributed by atoms with Crippen molar-refractivity contribution in [2.24, 2.45) is 7.05 Å². The van der Waals surface area contributed by atoms with Crippen LogP contribution in [0.2, 0.25) is 0 Å². The normalized spacial score (nSPS) is 10.5. The highest BCUT2D eigenvalue weighted by atomic mass is 79.9. The molecule has 0 saturated heterocycles. The van der Waals surface area contributed by atoms with Crippen LogP contribution in [0.5, 0.6) is 0 Å². The van der Waals surface area contributed by atoms with Crippen LogP contribution in [-0.4, -0.2) is 39.2 Å². The summed E-state index contributed by atoms with van der Waals surface area (Å²) in [4.78, 5) is 18.0. The summed E-state index contributed by atoms with van der Waals surface area (Å²) in [6, 6.07) is 5.32. The third-order valence-corrected chi connectivity index (χ3v) is 3.22. The fourth-order valence-electron chi connectivity index (χ4n) is 1.72. The van der Waals surface area contributed by atoms with Gasteiger partial charge in [0.1, 0.15) is 10.3 Å². The summed E-state index contributed by atoms with van der Waals surface area (Å²) in [5, 5.41) is 4.10. The van der Waals surface area contributed by atoms with Gasteiger partial charge < -0.3 is 4.90 Å². The largest absolute Gasteiger partial charge is 0.340 e. The van der Waals surface area contributed by atoms with Gasteiger partial charge >= 0.3 is 0 Å².